The predicted molar refractivity (Wildman–Crippen MR) is 71.8 cm³/mol. The molecule has 2 heterocycles. The summed E-state index contributed by atoms with van der Waals surface area (Å²) in [5.41, 5.74) is 5.47. The highest BCUT2D eigenvalue weighted by Gasteiger charge is 2.25. The first-order valence-electron chi connectivity index (χ1n) is 6.45. The number of hydrogen-bond donors (Lipinski definition) is 4. The number of hydrogen-bond acceptors (Lipinski definition) is 6. The first kappa shape index (κ1) is 12.9. The van der Waals surface area contributed by atoms with Crippen LogP contribution >= 0.6 is 0 Å². The third kappa shape index (κ3) is 2.35. The molecule has 0 saturated carbocycles. The number of amides is 1. The fourth-order valence-corrected chi connectivity index (χ4v) is 2.43. The molecule has 108 valence electrons. The van der Waals surface area contributed by atoms with Crippen molar-refractivity contribution in [2.75, 3.05) is 42.6 Å². The zero-order valence-electron chi connectivity index (χ0n) is 10.8. The van der Waals surface area contributed by atoms with Crippen LogP contribution in [0.25, 0.3) is 0 Å². The molecule has 2 aliphatic heterocycles. The number of benzene rings is 1. The highest BCUT2D eigenvalue weighted by Crippen LogP contribution is 2.34. The minimum absolute atomic E-state index is 0.0257. The number of phenols is 1. The van der Waals surface area contributed by atoms with Crippen LogP contribution in [0.15, 0.2) is 12.1 Å². The standard InChI is InChI=1S/C12H16FN5O2/c13-9-5-8(17-3-1-14-2-4-17)6-10(19)12(9)18-7-11(20)15-16-18/h5-6,14,16,19H,1-4,7H2,(H,15,20). The second-order valence-corrected chi connectivity index (χ2v) is 4.78. The van der Waals surface area contributed by atoms with E-state index in [1.54, 1.807) is 0 Å². The Balaban J connectivity index is 1.88. The van der Waals surface area contributed by atoms with E-state index in [-0.39, 0.29) is 23.9 Å². The maximum absolute atomic E-state index is 14.2. The Morgan fingerprint density at radius 2 is 2.00 bits per heavy atom. The lowest BCUT2D eigenvalue weighted by molar-refractivity contribution is -0.118. The van der Waals surface area contributed by atoms with Crippen LogP contribution in [0.3, 0.4) is 0 Å². The number of piperazine rings is 1. The van der Waals surface area contributed by atoms with E-state index < -0.39 is 5.82 Å². The van der Waals surface area contributed by atoms with E-state index >= 15 is 0 Å². The van der Waals surface area contributed by atoms with Gasteiger partial charge in [-0.05, 0) is 6.07 Å². The number of phenolic OH excluding ortho intramolecular Hbond substituents is 1. The van der Waals surface area contributed by atoms with Crippen LogP contribution in [0.4, 0.5) is 15.8 Å². The van der Waals surface area contributed by atoms with Crippen LogP contribution in [-0.2, 0) is 4.79 Å². The van der Waals surface area contributed by atoms with Crippen molar-refractivity contribution in [3.63, 3.8) is 0 Å². The van der Waals surface area contributed by atoms with E-state index in [9.17, 15) is 14.3 Å². The monoisotopic (exact) mass is 281 g/mol. The Kier molecular flexibility index (Phi) is 3.33. The average molecular weight is 281 g/mol. The van der Waals surface area contributed by atoms with Crippen molar-refractivity contribution in [3.8, 4) is 5.75 Å². The maximum Gasteiger partial charge on any atom is 0.256 e. The van der Waals surface area contributed by atoms with Gasteiger partial charge in [-0.25, -0.2) is 4.39 Å². The molecule has 7 nitrogen and oxygen atoms in total. The number of nitrogens with zero attached hydrogens (tertiary/aromatic N) is 2. The van der Waals surface area contributed by atoms with Crippen LogP contribution in [0, 0.1) is 5.82 Å². The Bertz CT molecular complexity index is 510. The summed E-state index contributed by atoms with van der Waals surface area (Å²) >= 11 is 0. The Hall–Kier alpha value is -2.06. The molecule has 0 aromatic heterocycles. The van der Waals surface area contributed by atoms with E-state index in [0.717, 1.165) is 26.2 Å². The number of halogens is 1. The first-order chi connectivity index (χ1) is 9.65. The molecule has 3 rings (SSSR count). The summed E-state index contributed by atoms with van der Waals surface area (Å²) in [7, 11) is 0. The number of nitrogens with one attached hydrogen (secondary N) is 3. The number of carbonyl (C=O) groups excluding carboxylic acids is 1. The zero-order valence-corrected chi connectivity index (χ0v) is 10.8. The Morgan fingerprint density at radius 3 is 2.60 bits per heavy atom. The van der Waals surface area contributed by atoms with E-state index in [4.69, 9.17) is 0 Å². The molecular weight excluding hydrogens is 265 g/mol. The van der Waals surface area contributed by atoms with Gasteiger partial charge in [0.1, 0.15) is 18.0 Å². The van der Waals surface area contributed by atoms with Gasteiger partial charge in [-0.1, -0.05) is 0 Å². The van der Waals surface area contributed by atoms with Crippen molar-refractivity contribution in [3.05, 3.63) is 17.9 Å². The molecule has 20 heavy (non-hydrogen) atoms. The molecular formula is C12H16FN5O2. The van der Waals surface area contributed by atoms with Crippen molar-refractivity contribution < 1.29 is 14.3 Å². The maximum atomic E-state index is 14.2. The van der Waals surface area contributed by atoms with Gasteiger partial charge in [0, 0.05) is 37.9 Å². The van der Waals surface area contributed by atoms with Gasteiger partial charge in [0.2, 0.25) is 0 Å². The normalized spacial score (nSPS) is 19.4. The van der Waals surface area contributed by atoms with Gasteiger partial charge >= 0.3 is 0 Å². The van der Waals surface area contributed by atoms with Crippen LogP contribution in [0.5, 0.6) is 5.75 Å². The second kappa shape index (κ2) is 5.14. The van der Waals surface area contributed by atoms with Gasteiger partial charge in [-0.3, -0.25) is 15.2 Å². The van der Waals surface area contributed by atoms with Gasteiger partial charge in [0.15, 0.2) is 5.82 Å². The molecule has 2 fully saturated rings. The van der Waals surface area contributed by atoms with Crippen LogP contribution in [-0.4, -0.2) is 43.7 Å². The van der Waals surface area contributed by atoms with Crippen LogP contribution < -0.4 is 26.2 Å². The van der Waals surface area contributed by atoms with Gasteiger partial charge in [0.25, 0.3) is 5.91 Å². The highest BCUT2D eigenvalue weighted by molar-refractivity contribution is 5.84. The number of aromatic hydroxyl groups is 1. The van der Waals surface area contributed by atoms with Gasteiger partial charge in [0.05, 0.1) is 0 Å². The number of anilines is 2. The first-order valence-corrected chi connectivity index (χ1v) is 6.45. The molecule has 0 unspecified atom stereocenters. The summed E-state index contributed by atoms with van der Waals surface area (Å²) in [6.07, 6.45) is 0. The summed E-state index contributed by atoms with van der Waals surface area (Å²) in [5.74, 6) is -1.04. The summed E-state index contributed by atoms with van der Waals surface area (Å²) in [6, 6.07) is 2.90. The molecule has 4 N–H and O–H groups in total. The van der Waals surface area contributed by atoms with Crippen molar-refractivity contribution in [2.24, 2.45) is 0 Å². The topological polar surface area (TPSA) is 79.9 Å². The number of rotatable bonds is 2. The fourth-order valence-electron chi connectivity index (χ4n) is 2.43. The number of hydrazine groups is 2. The van der Waals surface area contributed by atoms with Gasteiger partial charge in [-0.2, -0.15) is 0 Å². The molecule has 2 aliphatic rings. The summed E-state index contributed by atoms with van der Waals surface area (Å²) < 4.78 is 14.2. The van der Waals surface area contributed by atoms with Gasteiger partial charge < -0.3 is 15.3 Å². The third-order valence-corrected chi connectivity index (χ3v) is 3.41. The fraction of sp³-hybridized carbons (Fsp3) is 0.417. The molecule has 0 radical (unpaired) electrons. The van der Waals surface area contributed by atoms with E-state index in [1.165, 1.54) is 17.1 Å². The summed E-state index contributed by atoms with van der Waals surface area (Å²) in [4.78, 5) is 13.1. The zero-order chi connectivity index (χ0) is 14.1. The van der Waals surface area contributed by atoms with Crippen molar-refractivity contribution in [1.29, 1.82) is 0 Å². The minimum atomic E-state index is -0.567. The lowest BCUT2D eigenvalue weighted by Gasteiger charge is -2.30. The lowest BCUT2D eigenvalue weighted by Crippen LogP contribution is -2.43. The van der Waals surface area contributed by atoms with E-state index in [0.29, 0.717) is 5.69 Å². The predicted octanol–water partition coefficient (Wildman–Crippen LogP) is -0.703. The average Bonchev–Trinajstić information content (AvgIpc) is 2.85. The lowest BCUT2D eigenvalue weighted by atomic mass is 10.2. The van der Waals surface area contributed by atoms with Crippen molar-refractivity contribution >= 4 is 17.3 Å². The largest absolute Gasteiger partial charge is 0.506 e. The second-order valence-electron chi connectivity index (χ2n) is 4.78. The summed E-state index contributed by atoms with van der Waals surface area (Å²) in [5, 5.41) is 14.5. The molecule has 0 atom stereocenters. The Labute approximate surface area is 115 Å². The Morgan fingerprint density at radius 1 is 1.25 bits per heavy atom. The van der Waals surface area contributed by atoms with E-state index in [1.807, 2.05) is 4.90 Å². The molecule has 8 heteroatoms. The third-order valence-electron chi connectivity index (χ3n) is 3.41. The molecule has 0 aliphatic carbocycles. The highest BCUT2D eigenvalue weighted by atomic mass is 19.1. The molecule has 1 aromatic rings. The number of carbonyl (C=O) groups is 1. The minimum Gasteiger partial charge on any atom is -0.506 e. The molecule has 2 saturated heterocycles. The van der Waals surface area contributed by atoms with Crippen LogP contribution in [0.1, 0.15) is 0 Å². The molecule has 1 aromatic carbocycles. The quantitative estimate of drug-likeness (QED) is 0.574. The van der Waals surface area contributed by atoms with Crippen LogP contribution in [0.2, 0.25) is 0 Å². The SMILES string of the molecule is O=C1CN(c2c(O)cc(N3CCNCC3)cc2F)NN1. The van der Waals surface area contributed by atoms with E-state index in [2.05, 4.69) is 16.3 Å². The summed E-state index contributed by atoms with van der Waals surface area (Å²) in [6.45, 7) is 3.14. The van der Waals surface area contributed by atoms with Crippen molar-refractivity contribution in [1.82, 2.24) is 16.3 Å². The molecule has 0 bridgehead atoms. The smallest absolute Gasteiger partial charge is 0.256 e. The van der Waals surface area contributed by atoms with Gasteiger partial charge in [-0.15, -0.1) is 5.53 Å². The molecule has 1 amide bonds. The van der Waals surface area contributed by atoms with Crippen molar-refractivity contribution in [2.45, 2.75) is 0 Å². The molecule has 0 spiro atoms.